The topological polar surface area (TPSA) is 57.2 Å². The maximum Gasteiger partial charge on any atom is 0.290 e. The Bertz CT molecular complexity index is 213. The Balaban J connectivity index is 4.33. The smallest absolute Gasteiger partial charge is 0.290 e. The van der Waals surface area contributed by atoms with Gasteiger partial charge >= 0.3 is 0 Å². The van der Waals surface area contributed by atoms with Crippen LogP contribution in [0.2, 0.25) is 0 Å². The number of carboxylic acids is 1. The fourth-order valence-electron chi connectivity index (χ4n) is 0.815. The van der Waals surface area contributed by atoms with Crippen molar-refractivity contribution >= 4 is 11.8 Å². The summed E-state index contributed by atoms with van der Waals surface area (Å²) in [6.45, 7) is 2.55. The molecule has 3 nitrogen and oxygen atoms in total. The molecule has 0 aromatic heterocycles. The van der Waals surface area contributed by atoms with E-state index in [1.165, 1.54) is 6.92 Å². The minimum absolute atomic E-state index is 0.132. The van der Waals surface area contributed by atoms with Gasteiger partial charge < -0.3 is 9.90 Å². The number of alkyl halides is 2. The first-order chi connectivity index (χ1) is 5.82. The van der Waals surface area contributed by atoms with E-state index in [0.29, 0.717) is 0 Å². The first kappa shape index (κ1) is 12.0. The minimum atomic E-state index is -3.93. The normalized spacial score (nSPS) is 13.8. The third-order valence-corrected chi connectivity index (χ3v) is 1.82. The average Bonchev–Trinajstić information content (AvgIpc) is 2.03. The van der Waals surface area contributed by atoms with Gasteiger partial charge in [-0.15, -0.1) is 0 Å². The van der Waals surface area contributed by atoms with Crippen LogP contribution >= 0.6 is 0 Å². The molecule has 76 valence electrons. The molecule has 0 spiro atoms. The molecule has 0 radical (unpaired) electrons. The Hall–Kier alpha value is -1.00. The quantitative estimate of drug-likeness (QED) is 0.634. The molecule has 0 saturated heterocycles. The molecule has 5 heteroatoms. The number of carboxylic acid groups (broad SMARTS) is 1. The molecule has 0 heterocycles. The van der Waals surface area contributed by atoms with Crippen LogP contribution in [0.4, 0.5) is 8.78 Å². The Morgan fingerprint density at radius 3 is 2.23 bits per heavy atom. The number of hydrogen-bond acceptors (Lipinski definition) is 3. The van der Waals surface area contributed by atoms with E-state index in [9.17, 15) is 23.5 Å². The molecule has 0 aliphatic carbocycles. The Labute approximate surface area is 74.7 Å². The number of ketones is 1. The second-order valence-electron chi connectivity index (χ2n) is 2.91. The molecule has 0 aliphatic rings. The number of halogens is 2. The van der Waals surface area contributed by atoms with E-state index >= 15 is 0 Å². The molecular weight excluding hydrogens is 182 g/mol. The van der Waals surface area contributed by atoms with Crippen LogP contribution in [0.3, 0.4) is 0 Å². The summed E-state index contributed by atoms with van der Waals surface area (Å²) in [6.07, 6.45) is -0.301. The number of hydrogen-bond donors (Lipinski definition) is 0. The van der Waals surface area contributed by atoms with Gasteiger partial charge in [-0.2, -0.15) is 8.78 Å². The molecule has 13 heavy (non-hydrogen) atoms. The van der Waals surface area contributed by atoms with Gasteiger partial charge in [-0.1, -0.05) is 13.8 Å². The summed E-state index contributed by atoms with van der Waals surface area (Å²) in [5.41, 5.74) is 0. The van der Waals surface area contributed by atoms with Gasteiger partial charge in [0, 0.05) is 18.8 Å². The van der Waals surface area contributed by atoms with Gasteiger partial charge in [-0.3, -0.25) is 4.79 Å². The third-order valence-electron chi connectivity index (χ3n) is 1.82. The fraction of sp³-hybridized carbons (Fsp3) is 0.750. The summed E-state index contributed by atoms with van der Waals surface area (Å²) < 4.78 is 25.2. The van der Waals surface area contributed by atoms with Crippen LogP contribution in [0.1, 0.15) is 26.7 Å². The summed E-state index contributed by atoms with van der Waals surface area (Å²) >= 11 is 0. The lowest BCUT2D eigenvalue weighted by Crippen LogP contribution is -2.46. The van der Waals surface area contributed by atoms with Crippen molar-refractivity contribution in [3.63, 3.8) is 0 Å². The summed E-state index contributed by atoms with van der Waals surface area (Å²) in [5.74, 6) is -8.24. The van der Waals surface area contributed by atoms with Gasteiger partial charge in [-0.25, -0.2) is 0 Å². The van der Waals surface area contributed by atoms with Gasteiger partial charge in [0.2, 0.25) is 0 Å². The van der Waals surface area contributed by atoms with Gasteiger partial charge in [-0.05, 0) is 0 Å². The van der Waals surface area contributed by atoms with Crippen molar-refractivity contribution in [1.82, 2.24) is 0 Å². The highest BCUT2D eigenvalue weighted by atomic mass is 19.3. The van der Waals surface area contributed by atoms with E-state index in [1.54, 1.807) is 0 Å². The van der Waals surface area contributed by atoms with E-state index in [4.69, 9.17) is 0 Å². The monoisotopic (exact) mass is 193 g/mol. The molecule has 0 aromatic carbocycles. The van der Waals surface area contributed by atoms with Gasteiger partial charge in [0.05, 0.1) is 0 Å². The minimum Gasteiger partial charge on any atom is -0.544 e. The largest absolute Gasteiger partial charge is 0.544 e. The fourth-order valence-corrected chi connectivity index (χ4v) is 0.815. The zero-order valence-corrected chi connectivity index (χ0v) is 7.47. The number of carbonyl (C=O) groups is 2. The number of aliphatic carboxylic acids is 1. The van der Waals surface area contributed by atoms with Crippen LogP contribution in [0.5, 0.6) is 0 Å². The van der Waals surface area contributed by atoms with E-state index in [-0.39, 0.29) is 12.2 Å². The van der Waals surface area contributed by atoms with Crippen LogP contribution in [0.15, 0.2) is 0 Å². The summed E-state index contributed by atoms with van der Waals surface area (Å²) in [5, 5.41) is 9.96. The molecule has 0 bridgehead atoms. The highest BCUT2D eigenvalue weighted by Crippen LogP contribution is 2.26. The zero-order chi connectivity index (χ0) is 10.6. The first-order valence-corrected chi connectivity index (χ1v) is 3.93. The second kappa shape index (κ2) is 4.30. The van der Waals surface area contributed by atoms with Crippen LogP contribution in [-0.2, 0) is 9.59 Å². The van der Waals surface area contributed by atoms with Crippen molar-refractivity contribution in [2.24, 2.45) is 5.92 Å². The second-order valence-corrected chi connectivity index (χ2v) is 2.91. The lowest BCUT2D eigenvalue weighted by atomic mass is 9.96. The molecule has 0 N–H and O–H groups in total. The number of carbonyl (C=O) groups excluding carboxylic acids is 2. The highest BCUT2D eigenvalue weighted by molar-refractivity contribution is 5.80. The first-order valence-electron chi connectivity index (χ1n) is 3.93. The van der Waals surface area contributed by atoms with Crippen molar-refractivity contribution < 1.29 is 23.5 Å². The highest BCUT2D eigenvalue weighted by Gasteiger charge is 2.38. The average molecular weight is 193 g/mol. The molecule has 0 fully saturated rings. The molecule has 0 saturated carbocycles. The van der Waals surface area contributed by atoms with Crippen molar-refractivity contribution in [2.45, 2.75) is 32.6 Å². The van der Waals surface area contributed by atoms with E-state index in [0.717, 1.165) is 6.92 Å². The lowest BCUT2D eigenvalue weighted by molar-refractivity contribution is -0.333. The Kier molecular flexibility index (Phi) is 3.97. The van der Waals surface area contributed by atoms with Crippen molar-refractivity contribution in [3.8, 4) is 0 Å². The number of Topliss-reactive ketones (excluding diaryl/α,β-unsaturated/α-hetero) is 1. The van der Waals surface area contributed by atoms with E-state index < -0.39 is 24.2 Å². The number of rotatable bonds is 5. The van der Waals surface area contributed by atoms with Crippen LogP contribution in [0, 0.1) is 5.92 Å². The molecular formula is C8H11F2O3-. The van der Waals surface area contributed by atoms with Crippen LogP contribution < -0.4 is 5.11 Å². The predicted octanol–water partition coefficient (Wildman–Crippen LogP) is 0.377. The molecule has 1 atom stereocenters. The zero-order valence-electron chi connectivity index (χ0n) is 7.47. The van der Waals surface area contributed by atoms with Crippen LogP contribution in [-0.4, -0.2) is 17.7 Å². The Morgan fingerprint density at radius 1 is 1.46 bits per heavy atom. The maximum absolute atomic E-state index is 12.6. The molecule has 0 rings (SSSR count). The molecule has 1 unspecified atom stereocenters. The van der Waals surface area contributed by atoms with Crippen molar-refractivity contribution in [3.05, 3.63) is 0 Å². The standard InChI is InChI=1S/C8H12F2O3/c1-3-6(11)4-5(2)8(9,10)7(12)13/h5H,3-4H2,1-2H3,(H,12,13)/p-1. The van der Waals surface area contributed by atoms with E-state index in [1.807, 2.05) is 0 Å². The summed E-state index contributed by atoms with van der Waals surface area (Å²) in [4.78, 5) is 20.7. The van der Waals surface area contributed by atoms with Gasteiger partial charge in [0.1, 0.15) is 11.8 Å². The van der Waals surface area contributed by atoms with E-state index in [2.05, 4.69) is 0 Å². The molecule has 0 aliphatic heterocycles. The van der Waals surface area contributed by atoms with Crippen molar-refractivity contribution in [1.29, 1.82) is 0 Å². The van der Waals surface area contributed by atoms with Gasteiger partial charge in [0.15, 0.2) is 0 Å². The molecule has 0 aromatic rings. The molecule has 0 amide bonds. The predicted molar refractivity (Wildman–Crippen MR) is 39.0 cm³/mol. The van der Waals surface area contributed by atoms with Gasteiger partial charge in [0.25, 0.3) is 5.92 Å². The van der Waals surface area contributed by atoms with Crippen molar-refractivity contribution in [2.75, 3.05) is 0 Å². The SMILES string of the molecule is CCC(=O)CC(C)C(F)(F)C(=O)[O-]. The van der Waals surface area contributed by atoms with Crippen LogP contribution in [0.25, 0.3) is 0 Å². The third kappa shape index (κ3) is 3.08. The summed E-state index contributed by atoms with van der Waals surface area (Å²) in [7, 11) is 0. The maximum atomic E-state index is 12.6. The summed E-state index contributed by atoms with van der Waals surface area (Å²) in [6, 6.07) is 0. The Morgan fingerprint density at radius 2 is 1.92 bits per heavy atom. The lowest BCUT2D eigenvalue weighted by Gasteiger charge is -2.23.